The monoisotopic (exact) mass is 215 g/mol. The number of likely N-dealkylation sites (N-methyl/N-ethyl adjacent to an activating group) is 1. The Kier molecular flexibility index (Phi) is 3.34. The molecule has 0 radical (unpaired) electrons. The third kappa shape index (κ3) is 2.29. The summed E-state index contributed by atoms with van der Waals surface area (Å²) < 4.78 is 4.17. The SMILES string of the molecule is CN(CCO)C(=O)c1nonc1C(=O)O. The Labute approximate surface area is 84.1 Å². The zero-order valence-electron chi connectivity index (χ0n) is 7.88. The van der Waals surface area contributed by atoms with Crippen LogP contribution in [0.1, 0.15) is 21.0 Å². The van der Waals surface area contributed by atoms with Crippen LogP contribution in [0.5, 0.6) is 0 Å². The Morgan fingerprint density at radius 2 is 2.00 bits per heavy atom. The van der Waals surface area contributed by atoms with Crippen LogP contribution in [0.3, 0.4) is 0 Å². The highest BCUT2D eigenvalue weighted by molar-refractivity contribution is 6.01. The van der Waals surface area contributed by atoms with Crippen molar-refractivity contribution >= 4 is 11.9 Å². The summed E-state index contributed by atoms with van der Waals surface area (Å²) in [7, 11) is 1.40. The minimum absolute atomic E-state index is 0.0742. The van der Waals surface area contributed by atoms with Crippen LogP contribution >= 0.6 is 0 Å². The molecule has 1 aromatic rings. The van der Waals surface area contributed by atoms with Gasteiger partial charge in [0, 0.05) is 13.6 Å². The number of nitrogens with zero attached hydrogens (tertiary/aromatic N) is 3. The molecule has 1 heterocycles. The summed E-state index contributed by atoms with van der Waals surface area (Å²) in [6.45, 7) is -0.152. The Hall–Kier alpha value is -1.96. The van der Waals surface area contributed by atoms with E-state index in [9.17, 15) is 9.59 Å². The van der Waals surface area contributed by atoms with E-state index in [4.69, 9.17) is 10.2 Å². The highest BCUT2D eigenvalue weighted by atomic mass is 16.6. The predicted octanol–water partition coefficient (Wildman–Crippen LogP) is -1.17. The number of carbonyl (C=O) groups excluding carboxylic acids is 1. The number of aromatic nitrogens is 2. The number of carboxylic acid groups (broad SMARTS) is 1. The van der Waals surface area contributed by atoms with Crippen molar-refractivity contribution < 1.29 is 24.4 Å². The van der Waals surface area contributed by atoms with Crippen LogP contribution in [0, 0.1) is 0 Å². The number of amides is 1. The second kappa shape index (κ2) is 4.51. The topological polar surface area (TPSA) is 117 Å². The number of aliphatic hydroxyl groups excluding tert-OH is 1. The molecule has 2 N–H and O–H groups in total. The van der Waals surface area contributed by atoms with Crippen molar-refractivity contribution in [2.45, 2.75) is 0 Å². The highest BCUT2D eigenvalue weighted by Crippen LogP contribution is 2.05. The zero-order chi connectivity index (χ0) is 11.4. The molecule has 0 aromatic carbocycles. The van der Waals surface area contributed by atoms with Gasteiger partial charge in [0.05, 0.1) is 6.61 Å². The summed E-state index contributed by atoms with van der Waals surface area (Å²) in [5.41, 5.74) is -0.914. The molecule has 0 saturated carbocycles. The van der Waals surface area contributed by atoms with Gasteiger partial charge in [-0.15, -0.1) is 0 Å². The Bertz CT molecular complexity index is 374. The van der Waals surface area contributed by atoms with Gasteiger partial charge in [-0.3, -0.25) is 4.79 Å². The van der Waals surface area contributed by atoms with Crippen LogP contribution in [0.4, 0.5) is 0 Å². The summed E-state index contributed by atoms with van der Waals surface area (Å²) in [5, 5.41) is 23.5. The lowest BCUT2D eigenvalue weighted by atomic mass is 10.3. The first-order valence-electron chi connectivity index (χ1n) is 4.00. The second-order valence-electron chi connectivity index (χ2n) is 2.72. The van der Waals surface area contributed by atoms with Crippen molar-refractivity contribution in [3.63, 3.8) is 0 Å². The standard InChI is InChI=1S/C7H9N3O5/c1-10(2-3-11)6(12)4-5(7(13)14)9-15-8-4/h11H,2-3H2,1H3,(H,13,14). The molecule has 0 spiro atoms. The average Bonchev–Trinajstić information content (AvgIpc) is 2.65. The summed E-state index contributed by atoms with van der Waals surface area (Å²) in [5.74, 6) is -2.06. The molecule has 8 heteroatoms. The lowest BCUT2D eigenvalue weighted by Crippen LogP contribution is -2.30. The van der Waals surface area contributed by atoms with E-state index in [2.05, 4.69) is 14.9 Å². The smallest absolute Gasteiger partial charge is 0.360 e. The van der Waals surface area contributed by atoms with Crippen LogP contribution in [-0.4, -0.2) is 57.5 Å². The third-order valence-electron chi connectivity index (χ3n) is 1.68. The molecular formula is C7H9N3O5. The number of rotatable bonds is 4. The van der Waals surface area contributed by atoms with Crippen LogP contribution in [0.15, 0.2) is 4.63 Å². The van der Waals surface area contributed by atoms with Crippen LogP contribution < -0.4 is 0 Å². The maximum Gasteiger partial charge on any atom is 0.360 e. The quantitative estimate of drug-likeness (QED) is 0.649. The number of carbonyl (C=O) groups is 2. The number of hydrogen-bond donors (Lipinski definition) is 2. The van der Waals surface area contributed by atoms with Gasteiger partial charge < -0.3 is 15.1 Å². The molecule has 8 nitrogen and oxygen atoms in total. The largest absolute Gasteiger partial charge is 0.476 e. The number of hydrogen-bond acceptors (Lipinski definition) is 6. The van der Waals surface area contributed by atoms with Gasteiger partial charge in [0.15, 0.2) is 0 Å². The maximum absolute atomic E-state index is 11.5. The fraction of sp³-hybridized carbons (Fsp3) is 0.429. The highest BCUT2D eigenvalue weighted by Gasteiger charge is 2.25. The number of aromatic carboxylic acids is 1. The number of carboxylic acids is 1. The van der Waals surface area contributed by atoms with E-state index in [1.54, 1.807) is 0 Å². The normalized spacial score (nSPS) is 10.0. The summed E-state index contributed by atoms with van der Waals surface area (Å²) >= 11 is 0. The average molecular weight is 215 g/mol. The van der Waals surface area contributed by atoms with Gasteiger partial charge in [-0.2, -0.15) is 0 Å². The molecule has 0 saturated heterocycles. The first kappa shape index (κ1) is 11.1. The summed E-state index contributed by atoms with van der Waals surface area (Å²) in [6, 6.07) is 0. The fourth-order valence-electron chi connectivity index (χ4n) is 0.902. The van der Waals surface area contributed by atoms with Crippen molar-refractivity contribution in [2.75, 3.05) is 20.2 Å². The van der Waals surface area contributed by atoms with Gasteiger partial charge in [-0.05, 0) is 10.3 Å². The summed E-state index contributed by atoms with van der Waals surface area (Å²) in [6.07, 6.45) is 0. The molecule has 0 aliphatic heterocycles. The predicted molar refractivity (Wildman–Crippen MR) is 45.3 cm³/mol. The van der Waals surface area contributed by atoms with E-state index >= 15 is 0 Å². The van der Waals surface area contributed by atoms with Gasteiger partial charge in [-0.1, -0.05) is 0 Å². The second-order valence-corrected chi connectivity index (χ2v) is 2.72. The molecular weight excluding hydrogens is 206 g/mol. The lowest BCUT2D eigenvalue weighted by molar-refractivity contribution is 0.0670. The minimum Gasteiger partial charge on any atom is -0.476 e. The Balaban J connectivity index is 2.91. The molecule has 0 atom stereocenters. The number of aliphatic hydroxyl groups is 1. The molecule has 82 valence electrons. The van der Waals surface area contributed by atoms with Crippen LogP contribution in [0.25, 0.3) is 0 Å². The minimum atomic E-state index is -1.39. The molecule has 15 heavy (non-hydrogen) atoms. The van der Waals surface area contributed by atoms with Gasteiger partial charge >= 0.3 is 5.97 Å². The molecule has 0 unspecified atom stereocenters. The molecule has 1 amide bonds. The van der Waals surface area contributed by atoms with E-state index in [0.29, 0.717) is 0 Å². The van der Waals surface area contributed by atoms with Gasteiger partial charge in [0.1, 0.15) is 0 Å². The van der Waals surface area contributed by atoms with E-state index in [1.165, 1.54) is 7.05 Å². The first-order chi connectivity index (χ1) is 7.07. The van der Waals surface area contributed by atoms with Gasteiger partial charge in [-0.25, -0.2) is 9.42 Å². The summed E-state index contributed by atoms with van der Waals surface area (Å²) in [4.78, 5) is 23.2. The maximum atomic E-state index is 11.5. The van der Waals surface area contributed by atoms with Crippen molar-refractivity contribution in [1.82, 2.24) is 15.2 Å². The molecule has 1 rings (SSSR count). The van der Waals surface area contributed by atoms with Crippen molar-refractivity contribution in [2.24, 2.45) is 0 Å². The van der Waals surface area contributed by atoms with Crippen LogP contribution in [-0.2, 0) is 0 Å². The molecule has 0 bridgehead atoms. The van der Waals surface area contributed by atoms with Gasteiger partial charge in [0.25, 0.3) is 5.91 Å². The molecule has 0 aliphatic rings. The van der Waals surface area contributed by atoms with Crippen molar-refractivity contribution in [1.29, 1.82) is 0 Å². The third-order valence-corrected chi connectivity index (χ3v) is 1.68. The molecule has 0 fully saturated rings. The van der Waals surface area contributed by atoms with Crippen molar-refractivity contribution in [3.05, 3.63) is 11.4 Å². The van der Waals surface area contributed by atoms with E-state index in [1.807, 2.05) is 0 Å². The Morgan fingerprint density at radius 3 is 2.53 bits per heavy atom. The van der Waals surface area contributed by atoms with E-state index in [-0.39, 0.29) is 18.8 Å². The fourth-order valence-corrected chi connectivity index (χ4v) is 0.902. The Morgan fingerprint density at radius 1 is 1.40 bits per heavy atom. The van der Waals surface area contributed by atoms with E-state index in [0.717, 1.165) is 4.90 Å². The van der Waals surface area contributed by atoms with E-state index < -0.39 is 17.6 Å². The molecule has 1 aromatic heterocycles. The van der Waals surface area contributed by atoms with Crippen molar-refractivity contribution in [3.8, 4) is 0 Å². The zero-order valence-corrected chi connectivity index (χ0v) is 7.88. The first-order valence-corrected chi connectivity index (χ1v) is 4.00. The van der Waals surface area contributed by atoms with Gasteiger partial charge in [0.2, 0.25) is 11.4 Å². The molecule has 0 aliphatic carbocycles. The van der Waals surface area contributed by atoms with Crippen LogP contribution in [0.2, 0.25) is 0 Å². The lowest BCUT2D eigenvalue weighted by Gasteiger charge is -2.13.